The summed E-state index contributed by atoms with van der Waals surface area (Å²) in [5.74, 6) is 0.365. The van der Waals surface area contributed by atoms with Crippen molar-refractivity contribution in [1.29, 1.82) is 0 Å². The van der Waals surface area contributed by atoms with Crippen molar-refractivity contribution < 1.29 is 56.5 Å². The standard InChI is InChI=1S/C9H11O.CH3.K/c1-2-5-8-6-3-4-7-9(8)10;;/h3,6-7,10H,2,5H2,1H3;1H3;/q2*-1;+1. The third kappa shape index (κ3) is 4.63. The first kappa shape index (κ1) is 15.1. The van der Waals surface area contributed by atoms with Crippen molar-refractivity contribution in [3.63, 3.8) is 0 Å². The van der Waals surface area contributed by atoms with Gasteiger partial charge in [-0.1, -0.05) is 13.3 Å². The molecular weight excluding hydrogens is 175 g/mol. The van der Waals surface area contributed by atoms with Crippen LogP contribution in [0.2, 0.25) is 0 Å². The van der Waals surface area contributed by atoms with Crippen LogP contribution in [-0.2, 0) is 6.42 Å². The molecule has 1 rings (SSSR count). The molecule has 0 aliphatic rings. The molecule has 0 radical (unpaired) electrons. The molecule has 0 saturated carbocycles. The third-order valence-electron chi connectivity index (χ3n) is 1.45. The molecule has 0 amide bonds. The molecule has 0 heterocycles. The summed E-state index contributed by atoms with van der Waals surface area (Å²) < 4.78 is 0. The van der Waals surface area contributed by atoms with Crippen LogP contribution in [0.25, 0.3) is 0 Å². The van der Waals surface area contributed by atoms with Crippen molar-refractivity contribution >= 4 is 0 Å². The van der Waals surface area contributed by atoms with Crippen molar-refractivity contribution in [3.05, 3.63) is 37.3 Å². The molecule has 62 valence electrons. The zero-order valence-corrected chi connectivity index (χ0v) is 11.2. The van der Waals surface area contributed by atoms with E-state index >= 15 is 0 Å². The second-order valence-corrected chi connectivity index (χ2v) is 2.30. The number of phenols is 1. The van der Waals surface area contributed by atoms with Crippen LogP contribution in [0.15, 0.2) is 18.2 Å². The largest absolute Gasteiger partial charge is 1.00 e. The maximum atomic E-state index is 9.21. The Morgan fingerprint density at radius 3 is 2.67 bits per heavy atom. The molecule has 0 aliphatic carbocycles. The van der Waals surface area contributed by atoms with Crippen LogP contribution >= 0.6 is 0 Å². The van der Waals surface area contributed by atoms with Gasteiger partial charge in [0.05, 0.1) is 0 Å². The van der Waals surface area contributed by atoms with Crippen LogP contribution in [0.3, 0.4) is 0 Å². The monoisotopic (exact) mass is 189 g/mol. The number of hydrogen-bond donors (Lipinski definition) is 1. The van der Waals surface area contributed by atoms with E-state index in [1.165, 1.54) is 0 Å². The van der Waals surface area contributed by atoms with Crippen LogP contribution in [0.5, 0.6) is 5.75 Å². The van der Waals surface area contributed by atoms with Gasteiger partial charge in [0.15, 0.2) is 0 Å². The van der Waals surface area contributed by atoms with E-state index in [9.17, 15) is 5.11 Å². The fourth-order valence-corrected chi connectivity index (χ4v) is 0.935. The van der Waals surface area contributed by atoms with E-state index < -0.39 is 0 Å². The quantitative estimate of drug-likeness (QED) is 0.496. The first-order chi connectivity index (χ1) is 4.84. The number of rotatable bonds is 2. The first-order valence-corrected chi connectivity index (χ1v) is 3.52. The van der Waals surface area contributed by atoms with E-state index in [1.807, 2.05) is 12.1 Å². The summed E-state index contributed by atoms with van der Waals surface area (Å²) in [5.41, 5.74) is 1.02. The molecule has 0 fully saturated rings. The van der Waals surface area contributed by atoms with Gasteiger partial charge in [-0.25, -0.2) is 0 Å². The number of phenolic OH excluding ortho intramolecular Hbond substituents is 1. The average molecular weight is 189 g/mol. The molecular formula is C10H14KO-. The van der Waals surface area contributed by atoms with Crippen molar-refractivity contribution in [1.82, 2.24) is 0 Å². The second-order valence-electron chi connectivity index (χ2n) is 2.30. The Hall–Kier alpha value is 0.656. The SMILES string of the molecule is CCCc1cc[c-]cc1O.[CH3-].[K+]. The predicted octanol–water partition coefficient (Wildman–Crippen LogP) is -0.401. The van der Waals surface area contributed by atoms with Crippen LogP contribution in [-0.4, -0.2) is 5.11 Å². The van der Waals surface area contributed by atoms with Gasteiger partial charge in [0, 0.05) is 5.75 Å². The van der Waals surface area contributed by atoms with Crippen molar-refractivity contribution in [3.8, 4) is 5.75 Å². The second kappa shape index (κ2) is 8.26. The summed E-state index contributed by atoms with van der Waals surface area (Å²) in [6.45, 7) is 2.09. The Bertz CT molecular complexity index is 211. The normalized spacial score (nSPS) is 8.08. The van der Waals surface area contributed by atoms with Gasteiger partial charge in [0.25, 0.3) is 0 Å². The molecule has 1 aromatic carbocycles. The van der Waals surface area contributed by atoms with Gasteiger partial charge in [-0.2, -0.15) is 18.2 Å². The maximum Gasteiger partial charge on any atom is 1.00 e. The zero-order chi connectivity index (χ0) is 7.40. The summed E-state index contributed by atoms with van der Waals surface area (Å²) >= 11 is 0. The zero-order valence-electron chi connectivity index (χ0n) is 8.09. The summed E-state index contributed by atoms with van der Waals surface area (Å²) in [4.78, 5) is 0. The van der Waals surface area contributed by atoms with Crippen LogP contribution < -0.4 is 51.4 Å². The first-order valence-electron chi connectivity index (χ1n) is 3.52. The molecule has 12 heavy (non-hydrogen) atoms. The molecule has 2 heteroatoms. The van der Waals surface area contributed by atoms with Gasteiger partial charge in [-0.15, -0.1) is 11.6 Å². The molecule has 0 aliphatic heterocycles. The molecule has 1 nitrogen and oxygen atoms in total. The fraction of sp³-hybridized carbons (Fsp3) is 0.300. The van der Waals surface area contributed by atoms with Gasteiger partial charge >= 0.3 is 51.4 Å². The van der Waals surface area contributed by atoms with E-state index in [1.54, 1.807) is 6.07 Å². The summed E-state index contributed by atoms with van der Waals surface area (Å²) in [5, 5.41) is 9.21. The Morgan fingerprint density at radius 2 is 2.17 bits per heavy atom. The van der Waals surface area contributed by atoms with Gasteiger partial charge < -0.3 is 12.5 Å². The van der Waals surface area contributed by atoms with Crippen LogP contribution in [0.4, 0.5) is 0 Å². The van der Waals surface area contributed by atoms with Crippen LogP contribution in [0, 0.1) is 13.5 Å². The summed E-state index contributed by atoms with van der Waals surface area (Å²) in [6, 6.07) is 8.14. The molecule has 0 atom stereocenters. The maximum absolute atomic E-state index is 9.21. The van der Waals surface area contributed by atoms with Crippen molar-refractivity contribution in [2.75, 3.05) is 0 Å². The Morgan fingerprint density at radius 1 is 1.50 bits per heavy atom. The van der Waals surface area contributed by atoms with E-state index in [0.717, 1.165) is 18.4 Å². The molecule has 0 spiro atoms. The Kier molecular flexibility index (Phi) is 10.4. The summed E-state index contributed by atoms with van der Waals surface area (Å²) in [7, 11) is 0. The minimum absolute atomic E-state index is 0. The molecule has 1 N–H and O–H groups in total. The molecule has 0 bridgehead atoms. The van der Waals surface area contributed by atoms with Gasteiger partial charge in [0.2, 0.25) is 0 Å². The van der Waals surface area contributed by atoms with E-state index in [2.05, 4.69) is 13.0 Å². The van der Waals surface area contributed by atoms with Gasteiger partial charge in [0.1, 0.15) is 0 Å². The molecule has 1 aromatic rings. The Balaban J connectivity index is 0. The average Bonchev–Trinajstić information content (AvgIpc) is 1.94. The number of hydrogen-bond acceptors (Lipinski definition) is 1. The smallest absolute Gasteiger partial charge is 0.565 e. The Labute approximate surface area is 118 Å². The minimum Gasteiger partial charge on any atom is -0.565 e. The van der Waals surface area contributed by atoms with Crippen molar-refractivity contribution in [2.45, 2.75) is 19.8 Å². The third-order valence-corrected chi connectivity index (χ3v) is 1.45. The van der Waals surface area contributed by atoms with Crippen LogP contribution in [0.1, 0.15) is 18.9 Å². The number of benzene rings is 1. The molecule has 0 unspecified atom stereocenters. The fourth-order valence-electron chi connectivity index (χ4n) is 0.935. The molecule has 0 aromatic heterocycles. The topological polar surface area (TPSA) is 20.2 Å². The molecule has 0 saturated heterocycles. The number of aromatic hydroxyl groups is 1. The van der Waals surface area contributed by atoms with E-state index in [0.29, 0.717) is 5.75 Å². The van der Waals surface area contributed by atoms with E-state index in [4.69, 9.17) is 0 Å². The van der Waals surface area contributed by atoms with Crippen molar-refractivity contribution in [2.24, 2.45) is 0 Å². The number of aryl methyl sites for hydroxylation is 1. The minimum atomic E-state index is 0. The predicted molar refractivity (Wildman–Crippen MR) is 47.4 cm³/mol. The van der Waals surface area contributed by atoms with Gasteiger partial charge in [-0.05, 0) is 6.42 Å². The van der Waals surface area contributed by atoms with E-state index in [-0.39, 0.29) is 58.8 Å². The van der Waals surface area contributed by atoms with Gasteiger partial charge in [-0.3, -0.25) is 0 Å². The summed E-state index contributed by atoms with van der Waals surface area (Å²) in [6.07, 6.45) is 2.01.